The van der Waals surface area contributed by atoms with Crippen molar-refractivity contribution in [3.63, 3.8) is 0 Å². The van der Waals surface area contributed by atoms with Gasteiger partial charge in [0.2, 0.25) is 0 Å². The first-order valence-corrected chi connectivity index (χ1v) is 8.06. The molecule has 6 heteroatoms. The summed E-state index contributed by atoms with van der Waals surface area (Å²) in [6.45, 7) is 2.27. The van der Waals surface area contributed by atoms with Crippen LogP contribution in [0.25, 0.3) is 11.3 Å². The van der Waals surface area contributed by atoms with Crippen LogP contribution in [-0.2, 0) is 4.79 Å². The molecule has 1 amide bonds. The Labute approximate surface area is 132 Å². The molecule has 3 heterocycles. The number of likely N-dealkylation sites (tertiary alicyclic amines) is 1. The average Bonchev–Trinajstić information content (AvgIpc) is 3.17. The number of aromatic nitrogens is 1. The zero-order valence-corrected chi connectivity index (χ0v) is 13.0. The molecular formula is C16H16N2O3S. The number of carbonyl (C=O) groups is 2. The summed E-state index contributed by atoms with van der Waals surface area (Å²) in [5, 5.41) is 13.2. The van der Waals surface area contributed by atoms with E-state index in [9.17, 15) is 14.7 Å². The summed E-state index contributed by atoms with van der Waals surface area (Å²) in [6, 6.07) is 4.82. The molecule has 0 saturated carbocycles. The third-order valence-electron chi connectivity index (χ3n) is 3.93. The van der Waals surface area contributed by atoms with Crippen LogP contribution in [0.2, 0.25) is 0 Å². The monoisotopic (exact) mass is 316 g/mol. The second kappa shape index (κ2) is 5.88. The van der Waals surface area contributed by atoms with Gasteiger partial charge >= 0.3 is 5.97 Å². The first-order valence-electron chi connectivity index (χ1n) is 7.12. The standard InChI is InChI=1S/C16H16N2O3S/c1-10-12(4-5-13(17-10)11-6-8-22-9-11)15(19)18-7-2-3-14(18)16(20)21/h4-6,8-9,14H,2-3,7H2,1H3,(H,20,21)/t14-/m0/s1. The van der Waals surface area contributed by atoms with Crippen LogP contribution in [-0.4, -0.2) is 39.5 Å². The van der Waals surface area contributed by atoms with Gasteiger partial charge in [0.1, 0.15) is 6.04 Å². The molecule has 1 aliphatic heterocycles. The first-order chi connectivity index (χ1) is 10.6. The van der Waals surface area contributed by atoms with Crippen molar-refractivity contribution >= 4 is 23.2 Å². The normalized spacial score (nSPS) is 17.7. The maximum Gasteiger partial charge on any atom is 0.326 e. The maximum absolute atomic E-state index is 12.6. The molecule has 0 bridgehead atoms. The van der Waals surface area contributed by atoms with Crippen LogP contribution >= 0.6 is 11.3 Å². The van der Waals surface area contributed by atoms with E-state index in [-0.39, 0.29) is 5.91 Å². The largest absolute Gasteiger partial charge is 0.480 e. The number of nitrogens with zero attached hydrogens (tertiary/aromatic N) is 2. The van der Waals surface area contributed by atoms with E-state index in [2.05, 4.69) is 4.98 Å². The fourth-order valence-electron chi connectivity index (χ4n) is 2.78. The van der Waals surface area contributed by atoms with Crippen molar-refractivity contribution in [1.82, 2.24) is 9.88 Å². The molecular weight excluding hydrogens is 300 g/mol. The van der Waals surface area contributed by atoms with Crippen LogP contribution < -0.4 is 0 Å². The Bertz CT molecular complexity index is 712. The number of carboxylic acid groups (broad SMARTS) is 1. The zero-order valence-electron chi connectivity index (χ0n) is 12.2. The van der Waals surface area contributed by atoms with E-state index in [1.807, 2.05) is 22.9 Å². The Morgan fingerprint density at radius 2 is 2.18 bits per heavy atom. The summed E-state index contributed by atoms with van der Waals surface area (Å²) in [5.41, 5.74) is 2.96. The van der Waals surface area contributed by atoms with Gasteiger partial charge in [-0.1, -0.05) is 0 Å². The zero-order chi connectivity index (χ0) is 15.7. The highest BCUT2D eigenvalue weighted by Gasteiger charge is 2.35. The van der Waals surface area contributed by atoms with Crippen molar-refractivity contribution in [1.29, 1.82) is 0 Å². The fraction of sp³-hybridized carbons (Fsp3) is 0.312. The first kappa shape index (κ1) is 14.7. The van der Waals surface area contributed by atoms with Crippen molar-refractivity contribution in [3.05, 3.63) is 40.2 Å². The van der Waals surface area contributed by atoms with E-state index >= 15 is 0 Å². The van der Waals surface area contributed by atoms with Crippen LogP contribution in [0, 0.1) is 6.92 Å². The summed E-state index contributed by atoms with van der Waals surface area (Å²) in [7, 11) is 0. The molecule has 0 aromatic carbocycles. The molecule has 1 atom stereocenters. The highest BCUT2D eigenvalue weighted by atomic mass is 32.1. The van der Waals surface area contributed by atoms with Crippen LogP contribution in [0.15, 0.2) is 29.0 Å². The second-order valence-electron chi connectivity index (χ2n) is 5.34. The molecule has 0 unspecified atom stereocenters. The molecule has 2 aromatic rings. The number of pyridine rings is 1. The summed E-state index contributed by atoms with van der Waals surface area (Å²) in [6.07, 6.45) is 1.24. The van der Waals surface area contributed by atoms with E-state index in [1.54, 1.807) is 24.3 Å². The van der Waals surface area contributed by atoms with Gasteiger partial charge in [0.25, 0.3) is 5.91 Å². The predicted octanol–water partition coefficient (Wildman–Crippen LogP) is 2.81. The molecule has 0 aliphatic carbocycles. The smallest absolute Gasteiger partial charge is 0.326 e. The number of amides is 1. The number of aliphatic carboxylic acids is 1. The Morgan fingerprint density at radius 1 is 1.36 bits per heavy atom. The van der Waals surface area contributed by atoms with Crippen LogP contribution in [0.4, 0.5) is 0 Å². The minimum atomic E-state index is -0.939. The van der Waals surface area contributed by atoms with Crippen LogP contribution in [0.1, 0.15) is 28.9 Å². The van der Waals surface area contributed by atoms with E-state index in [1.165, 1.54) is 4.90 Å². The lowest BCUT2D eigenvalue weighted by Crippen LogP contribution is -2.40. The predicted molar refractivity (Wildman–Crippen MR) is 84.0 cm³/mol. The van der Waals surface area contributed by atoms with Crippen molar-refractivity contribution in [2.24, 2.45) is 0 Å². The molecule has 114 valence electrons. The van der Waals surface area contributed by atoms with Gasteiger partial charge < -0.3 is 10.0 Å². The molecule has 1 saturated heterocycles. The van der Waals surface area contributed by atoms with Gasteiger partial charge in [0, 0.05) is 17.5 Å². The quantitative estimate of drug-likeness (QED) is 0.945. The SMILES string of the molecule is Cc1nc(-c2ccsc2)ccc1C(=O)N1CCC[C@H]1C(=O)O. The van der Waals surface area contributed by atoms with Gasteiger partial charge in [-0.2, -0.15) is 11.3 Å². The van der Waals surface area contributed by atoms with Gasteiger partial charge in [0.15, 0.2) is 0 Å². The van der Waals surface area contributed by atoms with Crippen molar-refractivity contribution in [3.8, 4) is 11.3 Å². The van der Waals surface area contributed by atoms with E-state index in [0.717, 1.165) is 17.7 Å². The maximum atomic E-state index is 12.6. The molecule has 5 nitrogen and oxygen atoms in total. The van der Waals surface area contributed by atoms with E-state index < -0.39 is 12.0 Å². The minimum absolute atomic E-state index is 0.244. The van der Waals surface area contributed by atoms with Gasteiger partial charge in [0.05, 0.1) is 17.0 Å². The Hall–Kier alpha value is -2.21. The lowest BCUT2D eigenvalue weighted by atomic mass is 10.1. The minimum Gasteiger partial charge on any atom is -0.480 e. The molecule has 22 heavy (non-hydrogen) atoms. The Balaban J connectivity index is 1.89. The number of carbonyl (C=O) groups excluding carboxylic acids is 1. The summed E-state index contributed by atoms with van der Waals surface area (Å²) in [5.74, 6) is -1.18. The molecule has 0 spiro atoms. The number of rotatable bonds is 3. The molecule has 1 N–H and O–H groups in total. The topological polar surface area (TPSA) is 70.5 Å². The summed E-state index contributed by atoms with van der Waals surface area (Å²) < 4.78 is 0. The van der Waals surface area contributed by atoms with Crippen LogP contribution in [0.3, 0.4) is 0 Å². The molecule has 1 fully saturated rings. The summed E-state index contributed by atoms with van der Waals surface area (Å²) in [4.78, 5) is 29.8. The number of hydrogen-bond donors (Lipinski definition) is 1. The third kappa shape index (κ3) is 2.62. The van der Waals surface area contributed by atoms with Crippen molar-refractivity contribution < 1.29 is 14.7 Å². The van der Waals surface area contributed by atoms with Gasteiger partial charge in [-0.3, -0.25) is 9.78 Å². The Kier molecular flexibility index (Phi) is 3.94. The lowest BCUT2D eigenvalue weighted by Gasteiger charge is -2.22. The van der Waals surface area contributed by atoms with Gasteiger partial charge in [-0.05, 0) is 43.3 Å². The fourth-order valence-corrected chi connectivity index (χ4v) is 3.43. The average molecular weight is 316 g/mol. The molecule has 0 radical (unpaired) electrons. The molecule has 3 rings (SSSR count). The van der Waals surface area contributed by atoms with Crippen LogP contribution in [0.5, 0.6) is 0 Å². The number of thiophene rings is 1. The Morgan fingerprint density at radius 3 is 2.82 bits per heavy atom. The van der Waals surface area contributed by atoms with Crippen molar-refractivity contribution in [2.75, 3.05) is 6.54 Å². The highest BCUT2D eigenvalue weighted by Crippen LogP contribution is 2.24. The van der Waals surface area contributed by atoms with Gasteiger partial charge in [-0.25, -0.2) is 4.79 Å². The second-order valence-corrected chi connectivity index (χ2v) is 6.12. The number of hydrogen-bond acceptors (Lipinski definition) is 4. The molecule has 2 aromatic heterocycles. The number of aryl methyl sites for hydroxylation is 1. The number of carboxylic acids is 1. The third-order valence-corrected chi connectivity index (χ3v) is 4.62. The molecule has 1 aliphatic rings. The van der Waals surface area contributed by atoms with Crippen molar-refractivity contribution in [2.45, 2.75) is 25.8 Å². The summed E-state index contributed by atoms with van der Waals surface area (Å²) >= 11 is 1.59. The highest BCUT2D eigenvalue weighted by molar-refractivity contribution is 7.08. The van der Waals surface area contributed by atoms with E-state index in [0.29, 0.717) is 24.2 Å². The van der Waals surface area contributed by atoms with E-state index in [4.69, 9.17) is 0 Å². The van der Waals surface area contributed by atoms with Gasteiger partial charge in [-0.15, -0.1) is 0 Å². The lowest BCUT2D eigenvalue weighted by molar-refractivity contribution is -0.141.